The molecule has 0 spiro atoms. The van der Waals surface area contributed by atoms with Crippen LogP contribution in [0.4, 0.5) is 15.0 Å². The summed E-state index contributed by atoms with van der Waals surface area (Å²) >= 11 is 0. The number of nitrogens with zero attached hydrogens (tertiary/aromatic N) is 9. The van der Waals surface area contributed by atoms with Crippen molar-refractivity contribution in [3.05, 3.63) is 47.3 Å². The largest absolute Gasteiger partial charge is 0.462 e. The number of hydrogen-bond donors (Lipinski definition) is 0. The molecule has 13 heteroatoms. The van der Waals surface area contributed by atoms with Gasteiger partial charge in [-0.3, -0.25) is 14.6 Å². The molecule has 1 amide bonds. The van der Waals surface area contributed by atoms with Crippen molar-refractivity contribution in [2.24, 2.45) is 7.05 Å². The molecule has 2 atom stereocenters. The van der Waals surface area contributed by atoms with Crippen molar-refractivity contribution in [1.82, 2.24) is 34.5 Å². The number of hydrogen-bond acceptors (Lipinski definition) is 9. The Kier molecular flexibility index (Phi) is 8.41. The second-order valence-electron chi connectivity index (χ2n) is 13.2. The molecule has 5 heterocycles. The summed E-state index contributed by atoms with van der Waals surface area (Å²) in [5, 5.41) is 5.69. The van der Waals surface area contributed by atoms with Crippen molar-refractivity contribution >= 4 is 33.7 Å². The second-order valence-corrected chi connectivity index (χ2v) is 13.2. The molecule has 0 saturated carbocycles. The Balaban J connectivity index is 1.43. The lowest BCUT2D eigenvalue weighted by molar-refractivity contribution is 0.0155. The summed E-state index contributed by atoms with van der Waals surface area (Å²) in [6.07, 6.45) is 4.98. The van der Waals surface area contributed by atoms with Gasteiger partial charge in [-0.1, -0.05) is 12.1 Å². The summed E-state index contributed by atoms with van der Waals surface area (Å²) < 4.78 is 30.3. The molecule has 2 fully saturated rings. The quantitative estimate of drug-likeness (QED) is 0.277. The Hall–Kier alpha value is -4.57. The fraction of sp³-hybridized carbons (Fsp3) is 0.515. The van der Waals surface area contributed by atoms with Gasteiger partial charge in [-0.05, 0) is 59.7 Å². The van der Waals surface area contributed by atoms with Gasteiger partial charge in [0.1, 0.15) is 35.3 Å². The van der Waals surface area contributed by atoms with Gasteiger partial charge in [0.2, 0.25) is 6.54 Å². The molecule has 2 aliphatic rings. The molecule has 46 heavy (non-hydrogen) atoms. The summed E-state index contributed by atoms with van der Waals surface area (Å²) in [4.78, 5) is 36.5. The third kappa shape index (κ3) is 6.01. The lowest BCUT2D eigenvalue weighted by Gasteiger charge is -2.40. The molecule has 6 rings (SSSR count). The maximum absolute atomic E-state index is 16.8. The molecule has 0 unspecified atom stereocenters. The Labute approximate surface area is 267 Å². The molecule has 0 N–H and O–H groups in total. The van der Waals surface area contributed by atoms with Crippen molar-refractivity contribution in [2.75, 3.05) is 51.3 Å². The molecular weight excluding hydrogens is 589 g/mol. The lowest BCUT2D eigenvalue weighted by atomic mass is 10.0. The molecular formula is C33H40FN9O3. The lowest BCUT2D eigenvalue weighted by Crippen LogP contribution is -2.57. The van der Waals surface area contributed by atoms with Crippen LogP contribution in [-0.2, 0) is 11.8 Å². The molecule has 4 aromatic rings. The number of aromatic nitrogens is 5. The minimum atomic E-state index is -0.668. The number of amides is 1. The third-order valence-corrected chi connectivity index (χ3v) is 8.78. The van der Waals surface area contributed by atoms with Crippen LogP contribution < -0.4 is 9.64 Å². The number of fused-ring (bicyclic) bond motifs is 2. The first-order chi connectivity index (χ1) is 21.9. The predicted octanol–water partition coefficient (Wildman–Crippen LogP) is 4.84. The van der Waals surface area contributed by atoms with E-state index in [1.807, 2.05) is 51.8 Å². The summed E-state index contributed by atoms with van der Waals surface area (Å²) in [6.45, 7) is 17.4. The molecule has 0 radical (unpaired) electrons. The molecule has 3 aromatic heterocycles. The van der Waals surface area contributed by atoms with E-state index >= 15 is 4.39 Å². The standard InChI is InChI=1S/C33H40FN9O3/c1-20-10-11-21-15-37-41(7)29(21)25(20)28-26(34)27-24(17-36-28)30(39-31(38-27)45-19-22-9-8-12-40(22)6)42-13-14-43(23(18-42)16-35-5)32(44)46-33(2,3)4/h10-11,15,17,22-23H,8-9,12-14,16,18-19H2,1-4,6-7H3/t22-,23-/m0/s1. The van der Waals surface area contributed by atoms with Crippen LogP contribution in [0.3, 0.4) is 0 Å². The van der Waals surface area contributed by atoms with E-state index < -0.39 is 23.6 Å². The predicted molar refractivity (Wildman–Crippen MR) is 173 cm³/mol. The topological polar surface area (TPSA) is 106 Å². The van der Waals surface area contributed by atoms with Gasteiger partial charge in [-0.2, -0.15) is 15.1 Å². The van der Waals surface area contributed by atoms with Gasteiger partial charge in [0.05, 0.1) is 17.1 Å². The monoisotopic (exact) mass is 629 g/mol. The number of aryl methyl sites for hydroxylation is 2. The van der Waals surface area contributed by atoms with E-state index in [2.05, 4.69) is 31.9 Å². The highest BCUT2D eigenvalue weighted by Gasteiger charge is 2.37. The number of anilines is 1. The van der Waals surface area contributed by atoms with Crippen LogP contribution in [0.1, 0.15) is 39.2 Å². The van der Waals surface area contributed by atoms with Crippen LogP contribution >= 0.6 is 0 Å². The van der Waals surface area contributed by atoms with Crippen molar-refractivity contribution < 1.29 is 18.7 Å². The number of rotatable bonds is 6. The van der Waals surface area contributed by atoms with Gasteiger partial charge in [0.15, 0.2) is 5.82 Å². The van der Waals surface area contributed by atoms with E-state index in [4.69, 9.17) is 21.0 Å². The first-order valence-corrected chi connectivity index (χ1v) is 15.6. The summed E-state index contributed by atoms with van der Waals surface area (Å²) in [6, 6.07) is 3.73. The molecule has 1 aromatic carbocycles. The SMILES string of the molecule is [C-]#[N+]C[C@H]1CN(c2nc(OC[C@@H]3CCCN3C)nc3c(F)c(-c4c(C)ccc5cnn(C)c45)ncc23)CCN1C(=O)OC(C)(C)C. The highest BCUT2D eigenvalue weighted by atomic mass is 19.1. The number of carbonyl (C=O) groups excluding carboxylic acids is 1. The Bertz CT molecular complexity index is 1830. The maximum Gasteiger partial charge on any atom is 0.410 e. The molecule has 0 aliphatic carbocycles. The van der Waals surface area contributed by atoms with E-state index in [0.717, 1.165) is 35.9 Å². The van der Waals surface area contributed by atoms with Gasteiger partial charge < -0.3 is 24.1 Å². The minimum Gasteiger partial charge on any atom is -0.462 e. The molecule has 2 saturated heterocycles. The van der Waals surface area contributed by atoms with E-state index in [0.29, 0.717) is 43.0 Å². The van der Waals surface area contributed by atoms with Crippen molar-refractivity contribution in [3.63, 3.8) is 0 Å². The van der Waals surface area contributed by atoms with Gasteiger partial charge in [0.25, 0.3) is 0 Å². The first kappa shape index (κ1) is 31.4. The molecule has 2 aliphatic heterocycles. The average Bonchev–Trinajstić information content (AvgIpc) is 3.60. The average molecular weight is 630 g/mol. The number of piperazine rings is 1. The Morgan fingerprint density at radius 3 is 2.65 bits per heavy atom. The fourth-order valence-electron chi connectivity index (χ4n) is 6.40. The molecule has 12 nitrogen and oxygen atoms in total. The number of benzene rings is 1. The zero-order chi connectivity index (χ0) is 32.7. The summed E-state index contributed by atoms with van der Waals surface area (Å²) in [7, 11) is 3.89. The fourth-order valence-corrected chi connectivity index (χ4v) is 6.40. The van der Waals surface area contributed by atoms with Crippen LogP contribution in [0.2, 0.25) is 0 Å². The molecule has 242 valence electrons. The Morgan fingerprint density at radius 1 is 1.13 bits per heavy atom. The highest BCUT2D eigenvalue weighted by molar-refractivity contribution is 5.98. The van der Waals surface area contributed by atoms with Crippen molar-refractivity contribution in [2.45, 2.75) is 58.2 Å². The second kappa shape index (κ2) is 12.3. The van der Waals surface area contributed by atoms with E-state index in [-0.39, 0.29) is 29.8 Å². The Morgan fingerprint density at radius 2 is 1.93 bits per heavy atom. The highest BCUT2D eigenvalue weighted by Crippen LogP contribution is 2.37. The number of ether oxygens (including phenoxy) is 2. The zero-order valence-corrected chi connectivity index (χ0v) is 27.2. The van der Waals surface area contributed by atoms with E-state index in [9.17, 15) is 4.79 Å². The number of halogens is 1. The minimum absolute atomic E-state index is 0.0746. The van der Waals surface area contributed by atoms with Gasteiger partial charge >= 0.3 is 12.1 Å². The zero-order valence-electron chi connectivity index (χ0n) is 27.2. The summed E-state index contributed by atoms with van der Waals surface area (Å²) in [5.74, 6) is -0.127. The van der Waals surface area contributed by atoms with Crippen LogP contribution in [0.15, 0.2) is 24.5 Å². The normalized spacial score (nSPS) is 19.2. The number of carbonyl (C=O) groups is 1. The number of pyridine rings is 1. The number of likely N-dealkylation sites (tertiary alicyclic amines) is 1. The van der Waals surface area contributed by atoms with Gasteiger partial charge in [0, 0.05) is 49.9 Å². The van der Waals surface area contributed by atoms with Crippen molar-refractivity contribution in [1.29, 1.82) is 0 Å². The van der Waals surface area contributed by atoms with Crippen LogP contribution in [-0.4, -0.2) is 105 Å². The maximum atomic E-state index is 16.8. The smallest absolute Gasteiger partial charge is 0.410 e. The van der Waals surface area contributed by atoms with Gasteiger partial charge in [-0.15, -0.1) is 0 Å². The molecule has 0 bridgehead atoms. The van der Waals surface area contributed by atoms with Crippen LogP contribution in [0, 0.1) is 19.3 Å². The van der Waals surface area contributed by atoms with E-state index in [1.54, 1.807) is 22.0 Å². The van der Waals surface area contributed by atoms with Crippen LogP contribution in [0.25, 0.3) is 37.9 Å². The first-order valence-electron chi connectivity index (χ1n) is 15.6. The number of likely N-dealkylation sites (N-methyl/N-ethyl adjacent to an activating group) is 1. The van der Waals surface area contributed by atoms with E-state index in [1.165, 1.54) is 0 Å². The van der Waals surface area contributed by atoms with Crippen LogP contribution in [0.5, 0.6) is 6.01 Å². The van der Waals surface area contributed by atoms with Gasteiger partial charge in [-0.25, -0.2) is 15.8 Å². The summed E-state index contributed by atoms with van der Waals surface area (Å²) in [5.41, 5.74) is 1.89. The third-order valence-electron chi connectivity index (χ3n) is 8.78. The van der Waals surface area contributed by atoms with Crippen molar-refractivity contribution in [3.8, 4) is 17.3 Å².